The van der Waals surface area contributed by atoms with E-state index in [1.54, 1.807) is 7.11 Å². The minimum atomic E-state index is 0.0331. The third-order valence-electron chi connectivity index (χ3n) is 3.10. The van der Waals surface area contributed by atoms with E-state index >= 15 is 0 Å². The lowest BCUT2D eigenvalue weighted by Crippen LogP contribution is -2.34. The monoisotopic (exact) mass is 218 g/mol. The van der Waals surface area contributed by atoms with Crippen molar-refractivity contribution >= 4 is 0 Å². The molecule has 1 aliphatic heterocycles. The molecular weight excluding hydrogens is 196 g/mol. The Kier molecular flexibility index (Phi) is 6.17. The molecule has 0 saturated carbocycles. The van der Waals surface area contributed by atoms with E-state index < -0.39 is 0 Å². The van der Waals surface area contributed by atoms with Gasteiger partial charge in [-0.2, -0.15) is 0 Å². The summed E-state index contributed by atoms with van der Waals surface area (Å²) in [6, 6.07) is 0. The minimum absolute atomic E-state index is 0.0331. The Bertz CT molecular complexity index is 155. The maximum Gasteiger partial charge on any atom is 0.0700 e. The van der Waals surface area contributed by atoms with Crippen LogP contribution in [0.15, 0.2) is 0 Å². The Labute approximate surface area is 91.5 Å². The van der Waals surface area contributed by atoms with Crippen molar-refractivity contribution in [2.45, 2.75) is 19.3 Å². The molecule has 0 amide bonds. The molecule has 4 nitrogen and oxygen atoms in total. The van der Waals surface area contributed by atoms with Crippen molar-refractivity contribution in [1.29, 1.82) is 0 Å². The average Bonchev–Trinajstić information content (AvgIpc) is 2.30. The zero-order valence-electron chi connectivity index (χ0n) is 9.54. The standard InChI is InChI=1S/C11H22O4/c1-13-8-9-15-7-4-11(10-12)2-5-14-6-3-11/h12H,2-10H2,1H3. The molecule has 1 saturated heterocycles. The van der Waals surface area contributed by atoms with Crippen LogP contribution >= 0.6 is 0 Å². The number of hydrogen-bond donors (Lipinski definition) is 1. The van der Waals surface area contributed by atoms with Crippen LogP contribution in [0.5, 0.6) is 0 Å². The fraction of sp³-hybridized carbons (Fsp3) is 1.00. The third kappa shape index (κ3) is 4.47. The highest BCUT2D eigenvalue weighted by molar-refractivity contribution is 4.80. The van der Waals surface area contributed by atoms with Gasteiger partial charge in [-0.05, 0) is 19.3 Å². The van der Waals surface area contributed by atoms with Gasteiger partial charge in [0.1, 0.15) is 0 Å². The summed E-state index contributed by atoms with van der Waals surface area (Å²) in [4.78, 5) is 0. The fourth-order valence-corrected chi connectivity index (χ4v) is 1.82. The van der Waals surface area contributed by atoms with E-state index in [0.29, 0.717) is 19.8 Å². The average molecular weight is 218 g/mol. The van der Waals surface area contributed by atoms with E-state index in [9.17, 15) is 5.11 Å². The first-order valence-electron chi connectivity index (χ1n) is 5.58. The summed E-state index contributed by atoms with van der Waals surface area (Å²) < 4.78 is 15.6. The Balaban J connectivity index is 2.15. The number of methoxy groups -OCH3 is 1. The molecule has 0 spiro atoms. The van der Waals surface area contributed by atoms with Crippen molar-refractivity contribution < 1.29 is 19.3 Å². The molecule has 1 N–H and O–H groups in total. The molecule has 1 fully saturated rings. The van der Waals surface area contributed by atoms with Gasteiger partial charge in [0.25, 0.3) is 0 Å². The van der Waals surface area contributed by atoms with Gasteiger partial charge in [0.2, 0.25) is 0 Å². The van der Waals surface area contributed by atoms with E-state index in [1.165, 1.54) is 0 Å². The molecule has 4 heteroatoms. The van der Waals surface area contributed by atoms with Crippen molar-refractivity contribution in [2.24, 2.45) is 5.41 Å². The van der Waals surface area contributed by atoms with Crippen molar-refractivity contribution in [3.05, 3.63) is 0 Å². The maximum absolute atomic E-state index is 9.41. The van der Waals surface area contributed by atoms with Gasteiger partial charge in [0, 0.05) is 39.0 Å². The highest BCUT2D eigenvalue weighted by atomic mass is 16.5. The molecule has 0 unspecified atom stereocenters. The molecule has 0 aromatic rings. The Hall–Kier alpha value is -0.160. The van der Waals surface area contributed by atoms with Gasteiger partial charge in [-0.15, -0.1) is 0 Å². The molecule has 1 aliphatic rings. The highest BCUT2D eigenvalue weighted by Gasteiger charge is 2.31. The molecule has 90 valence electrons. The van der Waals surface area contributed by atoms with Crippen molar-refractivity contribution in [3.63, 3.8) is 0 Å². The van der Waals surface area contributed by atoms with Gasteiger partial charge in [0.05, 0.1) is 13.2 Å². The second-order valence-corrected chi connectivity index (χ2v) is 4.13. The molecule has 1 heterocycles. The smallest absolute Gasteiger partial charge is 0.0700 e. The van der Waals surface area contributed by atoms with E-state index in [1.807, 2.05) is 0 Å². The van der Waals surface area contributed by atoms with Crippen LogP contribution in [0.25, 0.3) is 0 Å². The van der Waals surface area contributed by atoms with Crippen LogP contribution in [0.4, 0.5) is 0 Å². The molecule has 1 rings (SSSR count). The molecule has 0 bridgehead atoms. The van der Waals surface area contributed by atoms with Crippen LogP contribution < -0.4 is 0 Å². The number of aliphatic hydroxyl groups excluding tert-OH is 1. The first kappa shape index (κ1) is 12.9. The lowest BCUT2D eigenvalue weighted by Gasteiger charge is -2.35. The number of aliphatic hydroxyl groups is 1. The molecule has 0 aromatic heterocycles. The lowest BCUT2D eigenvalue weighted by atomic mass is 9.78. The van der Waals surface area contributed by atoms with Crippen LogP contribution in [-0.4, -0.2) is 51.9 Å². The highest BCUT2D eigenvalue weighted by Crippen LogP contribution is 2.33. The van der Waals surface area contributed by atoms with Crippen molar-refractivity contribution in [1.82, 2.24) is 0 Å². The first-order valence-corrected chi connectivity index (χ1v) is 5.58. The van der Waals surface area contributed by atoms with E-state index in [2.05, 4.69) is 0 Å². The molecule has 0 radical (unpaired) electrons. The zero-order chi connectivity index (χ0) is 11.0. The van der Waals surface area contributed by atoms with Crippen molar-refractivity contribution in [2.75, 3.05) is 46.8 Å². The Morgan fingerprint density at radius 2 is 1.93 bits per heavy atom. The van der Waals surface area contributed by atoms with Crippen LogP contribution in [0.3, 0.4) is 0 Å². The van der Waals surface area contributed by atoms with Crippen LogP contribution in [0.1, 0.15) is 19.3 Å². The molecule has 0 aliphatic carbocycles. The summed E-state index contributed by atoms with van der Waals surface area (Å²) in [7, 11) is 1.66. The maximum atomic E-state index is 9.41. The van der Waals surface area contributed by atoms with E-state index in [4.69, 9.17) is 14.2 Å². The summed E-state index contributed by atoms with van der Waals surface area (Å²) >= 11 is 0. The molecular formula is C11H22O4. The van der Waals surface area contributed by atoms with Crippen LogP contribution in [0.2, 0.25) is 0 Å². The van der Waals surface area contributed by atoms with Gasteiger partial charge in [-0.1, -0.05) is 0 Å². The molecule has 0 atom stereocenters. The summed E-state index contributed by atoms with van der Waals surface area (Å²) in [5, 5.41) is 9.41. The SMILES string of the molecule is COCCOCCC1(CO)CCOCC1. The minimum Gasteiger partial charge on any atom is -0.396 e. The first-order chi connectivity index (χ1) is 7.33. The second kappa shape index (κ2) is 7.17. The summed E-state index contributed by atoms with van der Waals surface area (Å²) in [5.74, 6) is 0. The molecule has 0 aromatic carbocycles. The third-order valence-corrected chi connectivity index (χ3v) is 3.10. The predicted molar refractivity (Wildman–Crippen MR) is 56.9 cm³/mol. The largest absolute Gasteiger partial charge is 0.396 e. The van der Waals surface area contributed by atoms with Gasteiger partial charge in [-0.25, -0.2) is 0 Å². The summed E-state index contributed by atoms with van der Waals surface area (Å²) in [5.41, 5.74) is 0.0331. The van der Waals surface area contributed by atoms with Gasteiger partial charge in [-0.3, -0.25) is 0 Å². The number of hydrogen-bond acceptors (Lipinski definition) is 4. The fourth-order valence-electron chi connectivity index (χ4n) is 1.82. The van der Waals surface area contributed by atoms with E-state index in [-0.39, 0.29) is 12.0 Å². The van der Waals surface area contributed by atoms with Crippen LogP contribution in [0, 0.1) is 5.41 Å². The van der Waals surface area contributed by atoms with Crippen LogP contribution in [-0.2, 0) is 14.2 Å². The summed E-state index contributed by atoms with van der Waals surface area (Å²) in [6.07, 6.45) is 2.80. The Morgan fingerprint density at radius 3 is 2.53 bits per heavy atom. The summed E-state index contributed by atoms with van der Waals surface area (Å²) in [6.45, 7) is 3.73. The van der Waals surface area contributed by atoms with E-state index in [0.717, 1.165) is 32.5 Å². The van der Waals surface area contributed by atoms with Gasteiger partial charge in [0.15, 0.2) is 0 Å². The number of ether oxygens (including phenoxy) is 3. The topological polar surface area (TPSA) is 47.9 Å². The Morgan fingerprint density at radius 1 is 1.20 bits per heavy atom. The lowest BCUT2D eigenvalue weighted by molar-refractivity contribution is -0.0378. The zero-order valence-corrected chi connectivity index (χ0v) is 9.54. The second-order valence-electron chi connectivity index (χ2n) is 4.13. The molecule has 15 heavy (non-hydrogen) atoms. The van der Waals surface area contributed by atoms with Crippen molar-refractivity contribution in [3.8, 4) is 0 Å². The van der Waals surface area contributed by atoms with Gasteiger partial charge < -0.3 is 19.3 Å². The predicted octanol–water partition coefficient (Wildman–Crippen LogP) is 0.829. The quantitative estimate of drug-likeness (QED) is 0.643. The number of rotatable bonds is 7. The normalized spacial score (nSPS) is 20.4. The van der Waals surface area contributed by atoms with Gasteiger partial charge >= 0.3 is 0 Å².